The van der Waals surface area contributed by atoms with E-state index in [0.717, 1.165) is 28.1 Å². The first-order chi connectivity index (χ1) is 16.7. The van der Waals surface area contributed by atoms with Crippen LogP contribution in [-0.4, -0.2) is 21.6 Å². The van der Waals surface area contributed by atoms with E-state index >= 15 is 0 Å². The van der Waals surface area contributed by atoms with Gasteiger partial charge in [0.05, 0.1) is 13.2 Å². The molecular formula is C31H43N3O2. The molecule has 5 nitrogen and oxygen atoms in total. The summed E-state index contributed by atoms with van der Waals surface area (Å²) in [5.74, 6) is 0.827. The molecule has 5 heteroatoms. The fraction of sp³-hybridized carbons (Fsp3) is 0.452. The SMILES string of the molecule is CC(C)(C)NC(=O)c1c(COCc2ccccc2)c(-c2ccccc2)c(NC(C)(C)C)n1C(C)(C)C. The molecule has 0 saturated heterocycles. The number of amides is 1. The van der Waals surface area contributed by atoms with Crippen LogP contribution in [0.1, 0.15) is 83.9 Å². The van der Waals surface area contributed by atoms with Crippen molar-refractivity contribution in [2.45, 2.75) is 92.1 Å². The third-order valence-corrected chi connectivity index (χ3v) is 5.56. The molecule has 3 rings (SSSR count). The third kappa shape index (κ3) is 7.01. The lowest BCUT2D eigenvalue weighted by Crippen LogP contribution is -2.43. The van der Waals surface area contributed by atoms with E-state index in [1.807, 2.05) is 57.2 Å². The van der Waals surface area contributed by atoms with E-state index in [9.17, 15) is 4.79 Å². The molecule has 194 valence electrons. The summed E-state index contributed by atoms with van der Waals surface area (Å²) in [5, 5.41) is 6.95. The zero-order valence-corrected chi connectivity index (χ0v) is 23.5. The van der Waals surface area contributed by atoms with Crippen molar-refractivity contribution in [3.8, 4) is 11.1 Å². The molecule has 0 saturated carbocycles. The van der Waals surface area contributed by atoms with E-state index in [-0.39, 0.29) is 22.5 Å². The number of ether oxygens (including phenoxy) is 1. The van der Waals surface area contributed by atoms with Gasteiger partial charge in [0, 0.05) is 27.7 Å². The molecule has 0 radical (unpaired) electrons. The summed E-state index contributed by atoms with van der Waals surface area (Å²) in [7, 11) is 0. The molecule has 3 aromatic rings. The summed E-state index contributed by atoms with van der Waals surface area (Å²) in [6, 6.07) is 20.4. The van der Waals surface area contributed by atoms with E-state index in [1.165, 1.54) is 0 Å². The van der Waals surface area contributed by atoms with Crippen LogP contribution in [0.5, 0.6) is 0 Å². The first-order valence-corrected chi connectivity index (χ1v) is 12.7. The van der Waals surface area contributed by atoms with Gasteiger partial charge in [0.25, 0.3) is 5.91 Å². The highest BCUT2D eigenvalue weighted by atomic mass is 16.5. The van der Waals surface area contributed by atoms with Crippen molar-refractivity contribution in [1.29, 1.82) is 0 Å². The van der Waals surface area contributed by atoms with Crippen LogP contribution in [0.4, 0.5) is 5.82 Å². The molecule has 2 aromatic carbocycles. The number of carbonyl (C=O) groups is 1. The lowest BCUT2D eigenvalue weighted by Gasteiger charge is -2.32. The van der Waals surface area contributed by atoms with Gasteiger partial charge >= 0.3 is 0 Å². The number of benzene rings is 2. The van der Waals surface area contributed by atoms with Gasteiger partial charge in [-0.25, -0.2) is 0 Å². The van der Waals surface area contributed by atoms with Crippen molar-refractivity contribution >= 4 is 11.7 Å². The summed E-state index contributed by atoms with van der Waals surface area (Å²) in [5.41, 5.74) is 3.73. The van der Waals surface area contributed by atoms with Gasteiger partial charge in [0.2, 0.25) is 0 Å². The molecule has 1 amide bonds. The van der Waals surface area contributed by atoms with Gasteiger partial charge in [-0.05, 0) is 73.4 Å². The first kappa shape index (κ1) is 27.5. The molecule has 36 heavy (non-hydrogen) atoms. The Hall–Kier alpha value is -3.05. The van der Waals surface area contributed by atoms with Crippen LogP contribution in [0.3, 0.4) is 0 Å². The van der Waals surface area contributed by atoms with Crippen molar-refractivity contribution < 1.29 is 9.53 Å². The number of carbonyl (C=O) groups excluding carboxylic acids is 1. The summed E-state index contributed by atoms with van der Waals surface area (Å²) in [6.45, 7) is 19.6. The molecule has 2 N–H and O–H groups in total. The molecule has 0 aliphatic heterocycles. The Morgan fingerprint density at radius 3 is 1.83 bits per heavy atom. The van der Waals surface area contributed by atoms with Crippen LogP contribution in [0.15, 0.2) is 60.7 Å². The molecule has 1 heterocycles. The maximum Gasteiger partial charge on any atom is 0.268 e. The Morgan fingerprint density at radius 2 is 1.33 bits per heavy atom. The molecule has 0 bridgehead atoms. The summed E-state index contributed by atoms with van der Waals surface area (Å²) < 4.78 is 8.43. The Balaban J connectivity index is 2.27. The third-order valence-electron chi connectivity index (χ3n) is 5.56. The highest BCUT2D eigenvalue weighted by Crippen LogP contribution is 2.42. The van der Waals surface area contributed by atoms with Gasteiger partial charge in [-0.3, -0.25) is 4.79 Å². The number of rotatable bonds is 7. The van der Waals surface area contributed by atoms with Crippen molar-refractivity contribution in [2.24, 2.45) is 0 Å². The van der Waals surface area contributed by atoms with E-state index < -0.39 is 0 Å². The minimum atomic E-state index is -0.378. The number of nitrogens with zero attached hydrogens (tertiary/aromatic N) is 1. The second kappa shape index (κ2) is 10.5. The fourth-order valence-corrected chi connectivity index (χ4v) is 4.30. The molecule has 0 atom stereocenters. The topological polar surface area (TPSA) is 55.3 Å². The fourth-order valence-electron chi connectivity index (χ4n) is 4.30. The number of nitrogens with one attached hydrogen (secondary N) is 2. The zero-order valence-electron chi connectivity index (χ0n) is 23.5. The molecule has 0 aliphatic rings. The lowest BCUT2D eigenvalue weighted by atomic mass is 10.0. The summed E-state index contributed by atoms with van der Waals surface area (Å²) >= 11 is 0. The largest absolute Gasteiger partial charge is 0.372 e. The molecular weight excluding hydrogens is 446 g/mol. The van der Waals surface area contributed by atoms with Crippen molar-refractivity contribution in [1.82, 2.24) is 9.88 Å². The predicted molar refractivity (Wildman–Crippen MR) is 150 cm³/mol. The van der Waals surface area contributed by atoms with E-state index in [0.29, 0.717) is 18.9 Å². The maximum absolute atomic E-state index is 13.9. The highest BCUT2D eigenvalue weighted by molar-refractivity contribution is 6.00. The first-order valence-electron chi connectivity index (χ1n) is 12.7. The van der Waals surface area contributed by atoms with Crippen molar-refractivity contribution in [3.63, 3.8) is 0 Å². The standard InChI is InChI=1S/C31H43N3O2/c1-29(2,3)32-27-25(23-18-14-11-15-19-23)24(21-36-20-22-16-12-10-13-17-22)26(34(27)31(7,8)9)28(35)33-30(4,5)6/h10-19,32H,20-21H2,1-9H3,(H,33,35). The second-order valence-corrected chi connectivity index (χ2v) is 12.5. The van der Waals surface area contributed by atoms with Gasteiger partial charge in [0.1, 0.15) is 11.5 Å². The molecule has 0 unspecified atom stereocenters. The minimum Gasteiger partial charge on any atom is -0.372 e. The highest BCUT2D eigenvalue weighted by Gasteiger charge is 2.35. The normalized spacial score (nSPS) is 12.5. The monoisotopic (exact) mass is 489 g/mol. The zero-order chi connectivity index (χ0) is 26.7. The quantitative estimate of drug-likeness (QED) is 0.364. The van der Waals surface area contributed by atoms with E-state index in [4.69, 9.17) is 4.74 Å². The maximum atomic E-state index is 13.9. The van der Waals surface area contributed by atoms with Crippen LogP contribution in [0, 0.1) is 0 Å². The number of hydrogen-bond donors (Lipinski definition) is 2. The van der Waals surface area contributed by atoms with Crippen LogP contribution in [0.25, 0.3) is 11.1 Å². The molecule has 0 spiro atoms. The molecule has 0 fully saturated rings. The van der Waals surface area contributed by atoms with Crippen LogP contribution in [0.2, 0.25) is 0 Å². The average molecular weight is 490 g/mol. The van der Waals surface area contributed by atoms with Gasteiger partial charge in [0.15, 0.2) is 0 Å². The van der Waals surface area contributed by atoms with Gasteiger partial charge < -0.3 is 19.9 Å². The summed E-state index contributed by atoms with van der Waals surface area (Å²) in [4.78, 5) is 13.9. The van der Waals surface area contributed by atoms with Gasteiger partial charge in [-0.2, -0.15) is 0 Å². The predicted octanol–water partition coefficient (Wildman–Crippen LogP) is 7.37. The number of aromatic nitrogens is 1. The van der Waals surface area contributed by atoms with E-state index in [2.05, 4.69) is 81.0 Å². The lowest BCUT2D eigenvalue weighted by molar-refractivity contribution is 0.0880. The smallest absolute Gasteiger partial charge is 0.268 e. The molecule has 0 aliphatic carbocycles. The Labute approximate surface area is 217 Å². The Bertz CT molecular complexity index is 1160. The Kier molecular flexibility index (Phi) is 8.04. The molecule has 1 aromatic heterocycles. The van der Waals surface area contributed by atoms with Crippen LogP contribution < -0.4 is 10.6 Å². The minimum absolute atomic E-state index is 0.102. The van der Waals surface area contributed by atoms with Crippen molar-refractivity contribution in [3.05, 3.63) is 77.5 Å². The average Bonchev–Trinajstić information content (AvgIpc) is 3.06. The second-order valence-electron chi connectivity index (χ2n) is 12.5. The van der Waals surface area contributed by atoms with Crippen molar-refractivity contribution in [2.75, 3.05) is 5.32 Å². The van der Waals surface area contributed by atoms with Crippen LogP contribution in [-0.2, 0) is 23.5 Å². The number of anilines is 1. The summed E-state index contributed by atoms with van der Waals surface area (Å²) in [6.07, 6.45) is 0. The van der Waals surface area contributed by atoms with Crippen LogP contribution >= 0.6 is 0 Å². The number of hydrogen-bond acceptors (Lipinski definition) is 3. The van der Waals surface area contributed by atoms with E-state index in [1.54, 1.807) is 0 Å². The Morgan fingerprint density at radius 1 is 0.778 bits per heavy atom. The van der Waals surface area contributed by atoms with Gasteiger partial charge in [-0.1, -0.05) is 60.7 Å². The van der Waals surface area contributed by atoms with Gasteiger partial charge in [-0.15, -0.1) is 0 Å².